The first-order valence-corrected chi connectivity index (χ1v) is 10.4. The molecule has 146 valence electrons. The van der Waals surface area contributed by atoms with E-state index < -0.39 is 0 Å². The number of hydrogen-bond acceptors (Lipinski definition) is 5. The SMILES string of the molecule is Cc1ccc2ncnc(NC3CCC(N[C@H]4CCOC(C)(C)C4)CC3)c2c1. The molecule has 1 aromatic carbocycles. The number of benzene rings is 1. The fraction of sp³-hybridized carbons (Fsp3) is 0.636. The van der Waals surface area contributed by atoms with E-state index in [-0.39, 0.29) is 5.60 Å². The van der Waals surface area contributed by atoms with Crippen LogP contribution in [0.3, 0.4) is 0 Å². The fourth-order valence-electron chi connectivity index (χ4n) is 4.59. The highest BCUT2D eigenvalue weighted by molar-refractivity contribution is 5.89. The largest absolute Gasteiger partial charge is 0.375 e. The number of nitrogens with one attached hydrogen (secondary N) is 2. The van der Waals surface area contributed by atoms with E-state index in [0.29, 0.717) is 18.1 Å². The van der Waals surface area contributed by atoms with Gasteiger partial charge in [-0.1, -0.05) is 11.6 Å². The van der Waals surface area contributed by atoms with Crippen LogP contribution in [-0.2, 0) is 4.74 Å². The first-order chi connectivity index (χ1) is 13.0. The second kappa shape index (κ2) is 7.72. The Bertz CT molecular complexity index is 783. The van der Waals surface area contributed by atoms with E-state index in [1.807, 2.05) is 0 Å². The van der Waals surface area contributed by atoms with Gasteiger partial charge in [0.05, 0.1) is 11.1 Å². The van der Waals surface area contributed by atoms with Crippen LogP contribution >= 0.6 is 0 Å². The number of ether oxygens (including phenoxy) is 1. The predicted molar refractivity (Wildman–Crippen MR) is 110 cm³/mol. The van der Waals surface area contributed by atoms with Crippen LogP contribution in [0.25, 0.3) is 10.9 Å². The zero-order valence-corrected chi connectivity index (χ0v) is 16.8. The summed E-state index contributed by atoms with van der Waals surface area (Å²) in [6.07, 6.45) is 8.71. The fourth-order valence-corrected chi connectivity index (χ4v) is 4.59. The lowest BCUT2D eigenvalue weighted by molar-refractivity contribution is -0.0646. The molecule has 1 aliphatic carbocycles. The molecule has 1 atom stereocenters. The van der Waals surface area contributed by atoms with E-state index in [0.717, 1.165) is 36.2 Å². The Hall–Kier alpha value is -1.72. The Morgan fingerprint density at radius 2 is 1.78 bits per heavy atom. The number of anilines is 1. The molecule has 1 aliphatic heterocycles. The summed E-state index contributed by atoms with van der Waals surface area (Å²) in [6.45, 7) is 7.40. The minimum Gasteiger partial charge on any atom is -0.375 e. The summed E-state index contributed by atoms with van der Waals surface area (Å²) in [6, 6.07) is 8.08. The second-order valence-corrected chi connectivity index (χ2v) is 8.90. The Morgan fingerprint density at radius 1 is 1.00 bits per heavy atom. The van der Waals surface area contributed by atoms with Crippen molar-refractivity contribution < 1.29 is 4.74 Å². The third kappa shape index (κ3) is 4.58. The van der Waals surface area contributed by atoms with Gasteiger partial charge in [-0.15, -0.1) is 0 Å². The molecule has 2 N–H and O–H groups in total. The first kappa shape index (κ1) is 18.6. The third-order valence-corrected chi connectivity index (χ3v) is 6.03. The smallest absolute Gasteiger partial charge is 0.137 e. The van der Waals surface area contributed by atoms with Crippen molar-refractivity contribution in [3.63, 3.8) is 0 Å². The molecule has 1 saturated heterocycles. The summed E-state index contributed by atoms with van der Waals surface area (Å²) >= 11 is 0. The van der Waals surface area contributed by atoms with Gasteiger partial charge in [-0.05, 0) is 71.4 Å². The van der Waals surface area contributed by atoms with Crippen molar-refractivity contribution in [3.8, 4) is 0 Å². The Labute approximate surface area is 162 Å². The maximum atomic E-state index is 5.85. The van der Waals surface area contributed by atoms with Crippen LogP contribution in [0.4, 0.5) is 5.82 Å². The standard InChI is InChI=1S/C22H32N4O/c1-15-4-9-20-19(12-15)21(24-14-23-20)26-17-7-5-16(6-8-17)25-18-10-11-27-22(2,3)13-18/h4,9,12,14,16-18,25H,5-8,10-11,13H2,1-3H3,(H,23,24,26)/t16?,17?,18-/m0/s1. The van der Waals surface area contributed by atoms with Crippen LogP contribution in [0, 0.1) is 6.92 Å². The first-order valence-electron chi connectivity index (χ1n) is 10.4. The van der Waals surface area contributed by atoms with Gasteiger partial charge in [0.1, 0.15) is 12.1 Å². The number of aryl methyl sites for hydroxylation is 1. The van der Waals surface area contributed by atoms with Crippen molar-refractivity contribution in [2.45, 2.75) is 83.0 Å². The van der Waals surface area contributed by atoms with E-state index in [2.05, 4.69) is 59.6 Å². The monoisotopic (exact) mass is 368 g/mol. The highest BCUT2D eigenvalue weighted by atomic mass is 16.5. The summed E-state index contributed by atoms with van der Waals surface area (Å²) in [7, 11) is 0. The van der Waals surface area contributed by atoms with E-state index in [1.54, 1.807) is 6.33 Å². The number of fused-ring (bicyclic) bond motifs is 1. The molecule has 4 rings (SSSR count). The molecule has 0 radical (unpaired) electrons. The molecule has 0 bridgehead atoms. The highest BCUT2D eigenvalue weighted by Crippen LogP contribution is 2.28. The number of hydrogen-bond donors (Lipinski definition) is 2. The van der Waals surface area contributed by atoms with Crippen molar-refractivity contribution in [3.05, 3.63) is 30.1 Å². The Morgan fingerprint density at radius 3 is 2.56 bits per heavy atom. The molecule has 0 spiro atoms. The minimum absolute atomic E-state index is 0.0148. The van der Waals surface area contributed by atoms with Crippen molar-refractivity contribution >= 4 is 16.7 Å². The highest BCUT2D eigenvalue weighted by Gasteiger charge is 2.31. The second-order valence-electron chi connectivity index (χ2n) is 8.90. The molecule has 2 aromatic rings. The quantitative estimate of drug-likeness (QED) is 0.847. The molecule has 2 heterocycles. The number of aromatic nitrogens is 2. The van der Waals surface area contributed by atoms with Crippen molar-refractivity contribution in [2.24, 2.45) is 0 Å². The van der Waals surface area contributed by atoms with Gasteiger partial charge in [-0.3, -0.25) is 0 Å². The topological polar surface area (TPSA) is 59.1 Å². The van der Waals surface area contributed by atoms with Crippen LogP contribution in [0.15, 0.2) is 24.5 Å². The van der Waals surface area contributed by atoms with Gasteiger partial charge in [0.15, 0.2) is 0 Å². The Balaban J connectivity index is 1.33. The molecule has 2 fully saturated rings. The molecule has 5 heteroatoms. The van der Waals surface area contributed by atoms with Gasteiger partial charge in [-0.25, -0.2) is 9.97 Å². The zero-order chi connectivity index (χ0) is 18.9. The van der Waals surface area contributed by atoms with E-state index >= 15 is 0 Å². The van der Waals surface area contributed by atoms with Crippen LogP contribution in [-0.4, -0.2) is 40.3 Å². The van der Waals surface area contributed by atoms with Gasteiger partial charge < -0.3 is 15.4 Å². The minimum atomic E-state index is 0.0148. The van der Waals surface area contributed by atoms with Crippen LogP contribution in [0.2, 0.25) is 0 Å². The zero-order valence-electron chi connectivity index (χ0n) is 16.8. The lowest BCUT2D eigenvalue weighted by Crippen LogP contribution is -2.48. The molecule has 1 aromatic heterocycles. The molecule has 5 nitrogen and oxygen atoms in total. The maximum Gasteiger partial charge on any atom is 0.137 e. The summed E-state index contributed by atoms with van der Waals surface area (Å²) in [4.78, 5) is 8.91. The van der Waals surface area contributed by atoms with Gasteiger partial charge in [-0.2, -0.15) is 0 Å². The Kier molecular flexibility index (Phi) is 5.33. The van der Waals surface area contributed by atoms with Crippen LogP contribution in [0.1, 0.15) is 57.9 Å². The van der Waals surface area contributed by atoms with Gasteiger partial charge in [0.2, 0.25) is 0 Å². The molecular weight excluding hydrogens is 336 g/mol. The van der Waals surface area contributed by atoms with E-state index in [1.165, 1.54) is 31.2 Å². The van der Waals surface area contributed by atoms with E-state index in [4.69, 9.17) is 4.74 Å². The number of nitrogens with zero attached hydrogens (tertiary/aromatic N) is 2. The molecule has 0 unspecified atom stereocenters. The lowest BCUT2D eigenvalue weighted by Gasteiger charge is -2.39. The number of rotatable bonds is 4. The van der Waals surface area contributed by atoms with Crippen molar-refractivity contribution in [2.75, 3.05) is 11.9 Å². The van der Waals surface area contributed by atoms with Crippen LogP contribution in [0.5, 0.6) is 0 Å². The van der Waals surface area contributed by atoms with Gasteiger partial charge >= 0.3 is 0 Å². The van der Waals surface area contributed by atoms with Gasteiger partial charge in [0, 0.05) is 30.1 Å². The molecular formula is C22H32N4O. The summed E-state index contributed by atoms with van der Waals surface area (Å²) in [5, 5.41) is 8.72. The normalized spacial score (nSPS) is 28.2. The predicted octanol–water partition coefficient (Wildman–Crippen LogP) is 4.21. The third-order valence-electron chi connectivity index (χ3n) is 6.03. The summed E-state index contributed by atoms with van der Waals surface area (Å²) in [5.74, 6) is 0.978. The average Bonchev–Trinajstić information content (AvgIpc) is 2.63. The maximum absolute atomic E-state index is 5.85. The summed E-state index contributed by atoms with van der Waals surface area (Å²) in [5.41, 5.74) is 2.27. The van der Waals surface area contributed by atoms with Crippen LogP contribution < -0.4 is 10.6 Å². The van der Waals surface area contributed by atoms with Gasteiger partial charge in [0.25, 0.3) is 0 Å². The molecule has 0 amide bonds. The lowest BCUT2D eigenvalue weighted by atomic mass is 9.88. The van der Waals surface area contributed by atoms with Crippen molar-refractivity contribution in [1.82, 2.24) is 15.3 Å². The molecule has 2 aliphatic rings. The van der Waals surface area contributed by atoms with Crippen molar-refractivity contribution in [1.29, 1.82) is 0 Å². The summed E-state index contributed by atoms with van der Waals surface area (Å²) < 4.78 is 5.85. The average molecular weight is 369 g/mol. The van der Waals surface area contributed by atoms with E-state index in [9.17, 15) is 0 Å². The molecule has 27 heavy (non-hydrogen) atoms. The molecule has 1 saturated carbocycles.